The van der Waals surface area contributed by atoms with Gasteiger partial charge in [0, 0.05) is 18.7 Å². The fraction of sp³-hybridized carbons (Fsp3) is 0.462. The lowest BCUT2D eigenvalue weighted by molar-refractivity contribution is 0.606. The molecule has 1 aliphatic carbocycles. The average molecular weight is 389 g/mol. The first-order valence-corrected chi connectivity index (χ1v) is 7.91. The molecule has 0 spiro atoms. The second-order valence-electron chi connectivity index (χ2n) is 4.75. The minimum atomic E-state index is 0.553. The minimum Gasteiger partial charge on any atom is -0.262 e. The molecule has 0 unspecified atom stereocenters. The minimum absolute atomic E-state index is 0.553. The van der Waals surface area contributed by atoms with Gasteiger partial charge in [-0.15, -0.1) is 0 Å². The van der Waals surface area contributed by atoms with Crippen LogP contribution in [0.2, 0.25) is 5.15 Å². The molecule has 0 saturated heterocycles. The summed E-state index contributed by atoms with van der Waals surface area (Å²) in [5, 5.41) is 4.87. The maximum absolute atomic E-state index is 6.25. The van der Waals surface area contributed by atoms with Crippen LogP contribution in [0.15, 0.2) is 12.3 Å². The van der Waals surface area contributed by atoms with Crippen molar-refractivity contribution in [1.82, 2.24) is 19.7 Å². The number of rotatable bonds is 4. The van der Waals surface area contributed by atoms with E-state index in [4.69, 9.17) is 16.6 Å². The Hall–Kier alpha value is -0.690. The fourth-order valence-electron chi connectivity index (χ4n) is 2.09. The lowest BCUT2D eigenvalue weighted by Crippen LogP contribution is -2.06. The van der Waals surface area contributed by atoms with E-state index in [1.54, 1.807) is 6.20 Å². The number of hydrogen-bond acceptors (Lipinski definition) is 3. The molecule has 0 N–H and O–H groups in total. The van der Waals surface area contributed by atoms with E-state index in [2.05, 4.69) is 39.6 Å². The summed E-state index contributed by atoms with van der Waals surface area (Å²) < 4.78 is 2.93. The molecule has 6 heteroatoms. The maximum Gasteiger partial charge on any atom is 0.179 e. The number of aryl methyl sites for hydroxylation is 1. The van der Waals surface area contributed by atoms with Crippen LogP contribution in [0.3, 0.4) is 0 Å². The second kappa shape index (κ2) is 5.36. The smallest absolute Gasteiger partial charge is 0.179 e. The molecule has 1 saturated carbocycles. The number of hydrogen-bond donors (Lipinski definition) is 0. The molecule has 19 heavy (non-hydrogen) atoms. The highest BCUT2D eigenvalue weighted by atomic mass is 127. The van der Waals surface area contributed by atoms with Gasteiger partial charge in [-0.1, -0.05) is 18.5 Å². The predicted molar refractivity (Wildman–Crippen MR) is 83.2 cm³/mol. The largest absolute Gasteiger partial charge is 0.262 e. The highest BCUT2D eigenvalue weighted by molar-refractivity contribution is 14.1. The zero-order valence-electron chi connectivity index (χ0n) is 10.6. The van der Waals surface area contributed by atoms with Gasteiger partial charge in [-0.25, -0.2) is 9.97 Å². The summed E-state index contributed by atoms with van der Waals surface area (Å²) in [6.45, 7) is 3.00. The molecule has 1 aliphatic rings. The summed E-state index contributed by atoms with van der Waals surface area (Å²) in [7, 11) is 0. The van der Waals surface area contributed by atoms with E-state index in [1.165, 1.54) is 12.8 Å². The maximum atomic E-state index is 6.25. The van der Waals surface area contributed by atoms with Gasteiger partial charge in [-0.05, 0) is 47.9 Å². The molecule has 1 fully saturated rings. The van der Waals surface area contributed by atoms with E-state index >= 15 is 0 Å². The van der Waals surface area contributed by atoms with Gasteiger partial charge in [0.15, 0.2) is 5.82 Å². The summed E-state index contributed by atoms with van der Waals surface area (Å²) in [5.74, 6) is 1.26. The Labute approximate surface area is 130 Å². The summed E-state index contributed by atoms with van der Waals surface area (Å²) in [6.07, 6.45) is 5.23. The molecule has 0 bridgehead atoms. The molecule has 4 nitrogen and oxygen atoms in total. The molecule has 3 rings (SSSR count). The zero-order chi connectivity index (χ0) is 13.4. The first kappa shape index (κ1) is 13.3. The second-order valence-corrected chi connectivity index (χ2v) is 6.19. The van der Waals surface area contributed by atoms with Crippen molar-refractivity contribution in [1.29, 1.82) is 0 Å². The van der Waals surface area contributed by atoms with Crippen molar-refractivity contribution in [2.45, 2.75) is 38.6 Å². The Bertz CT molecular complexity index is 607. The molecule has 0 atom stereocenters. The van der Waals surface area contributed by atoms with Crippen LogP contribution in [0.5, 0.6) is 0 Å². The van der Waals surface area contributed by atoms with Crippen LogP contribution in [-0.2, 0) is 6.54 Å². The highest BCUT2D eigenvalue weighted by Gasteiger charge is 2.29. The number of halogens is 2. The first-order valence-electron chi connectivity index (χ1n) is 6.45. The van der Waals surface area contributed by atoms with E-state index in [1.807, 2.05) is 10.7 Å². The lowest BCUT2D eigenvalue weighted by atomic mass is 10.2. The predicted octanol–water partition coefficient (Wildman–Crippen LogP) is 3.89. The van der Waals surface area contributed by atoms with E-state index in [0.29, 0.717) is 16.9 Å². The van der Waals surface area contributed by atoms with Gasteiger partial charge < -0.3 is 0 Å². The average Bonchev–Trinajstić information content (AvgIpc) is 3.13. The topological polar surface area (TPSA) is 43.6 Å². The van der Waals surface area contributed by atoms with Crippen molar-refractivity contribution in [2.24, 2.45) is 0 Å². The Kier molecular flexibility index (Phi) is 3.75. The van der Waals surface area contributed by atoms with Gasteiger partial charge in [0.1, 0.15) is 10.8 Å². The molecule has 100 valence electrons. The molecule has 2 aromatic heterocycles. The van der Waals surface area contributed by atoms with Gasteiger partial charge in [0.05, 0.1) is 9.26 Å². The third kappa shape index (κ3) is 2.63. The van der Waals surface area contributed by atoms with Gasteiger partial charge in [0.25, 0.3) is 0 Å². The summed E-state index contributed by atoms with van der Waals surface area (Å²) in [6, 6.07) is 1.95. The van der Waals surface area contributed by atoms with E-state index < -0.39 is 0 Å². The Morgan fingerprint density at radius 1 is 1.42 bits per heavy atom. The number of aromatic nitrogens is 4. The van der Waals surface area contributed by atoms with E-state index in [-0.39, 0.29) is 0 Å². The summed E-state index contributed by atoms with van der Waals surface area (Å²) in [5.41, 5.74) is 2.04. The molecular weight excluding hydrogens is 375 g/mol. The molecule has 0 aliphatic heterocycles. The van der Waals surface area contributed by atoms with Crippen LogP contribution in [0.1, 0.15) is 37.8 Å². The van der Waals surface area contributed by atoms with Crippen molar-refractivity contribution in [2.75, 3.05) is 0 Å². The van der Waals surface area contributed by atoms with Crippen LogP contribution in [-0.4, -0.2) is 19.7 Å². The molecular formula is C13H14ClIN4. The molecule has 2 aromatic rings. The van der Waals surface area contributed by atoms with Crippen molar-refractivity contribution in [3.05, 3.63) is 26.7 Å². The van der Waals surface area contributed by atoms with Crippen molar-refractivity contribution in [3.8, 4) is 11.5 Å². The molecule has 0 amide bonds. The highest BCUT2D eigenvalue weighted by Crippen LogP contribution is 2.42. The lowest BCUT2D eigenvalue weighted by Gasteiger charge is -2.09. The first-order chi connectivity index (χ1) is 9.20. The normalized spacial score (nSPS) is 14.9. The Morgan fingerprint density at radius 2 is 2.21 bits per heavy atom. The molecule has 0 radical (unpaired) electrons. The van der Waals surface area contributed by atoms with Gasteiger partial charge in [-0.3, -0.25) is 4.68 Å². The van der Waals surface area contributed by atoms with Crippen molar-refractivity contribution < 1.29 is 0 Å². The third-order valence-corrected chi connectivity index (χ3v) is 4.84. The fourth-order valence-corrected chi connectivity index (χ4v) is 2.95. The van der Waals surface area contributed by atoms with Gasteiger partial charge >= 0.3 is 0 Å². The standard InChI is InChI=1S/C13H14ClIN4/c1-2-7-19-9(5-6-16-19)13-17-11(8-3-4-8)10(15)12(14)18-13/h5-6,8H,2-4,7H2,1H3. The van der Waals surface area contributed by atoms with Crippen LogP contribution in [0, 0.1) is 3.57 Å². The monoisotopic (exact) mass is 388 g/mol. The SMILES string of the molecule is CCCn1nccc1-c1nc(Cl)c(I)c(C2CC2)n1. The van der Waals surface area contributed by atoms with Crippen LogP contribution in [0.4, 0.5) is 0 Å². The van der Waals surface area contributed by atoms with Crippen LogP contribution >= 0.6 is 34.2 Å². The molecule has 0 aromatic carbocycles. The Morgan fingerprint density at radius 3 is 2.89 bits per heavy atom. The van der Waals surface area contributed by atoms with E-state index in [9.17, 15) is 0 Å². The number of nitrogens with zero attached hydrogens (tertiary/aromatic N) is 4. The summed E-state index contributed by atoms with van der Waals surface area (Å²) >= 11 is 8.49. The van der Waals surface area contributed by atoms with E-state index in [0.717, 1.165) is 27.9 Å². The van der Waals surface area contributed by atoms with Crippen LogP contribution < -0.4 is 0 Å². The quantitative estimate of drug-likeness (QED) is 0.590. The summed E-state index contributed by atoms with van der Waals surface area (Å²) in [4.78, 5) is 9.13. The van der Waals surface area contributed by atoms with Crippen molar-refractivity contribution in [3.63, 3.8) is 0 Å². The zero-order valence-corrected chi connectivity index (χ0v) is 13.5. The third-order valence-electron chi connectivity index (χ3n) is 3.18. The van der Waals surface area contributed by atoms with Gasteiger partial charge in [0.2, 0.25) is 0 Å². The van der Waals surface area contributed by atoms with Crippen LogP contribution in [0.25, 0.3) is 11.5 Å². The molecule has 2 heterocycles. The van der Waals surface area contributed by atoms with Crippen molar-refractivity contribution >= 4 is 34.2 Å². The van der Waals surface area contributed by atoms with Gasteiger partial charge in [-0.2, -0.15) is 5.10 Å². The Balaban J connectivity index is 2.07.